The fourth-order valence-corrected chi connectivity index (χ4v) is 4.54. The van der Waals surface area contributed by atoms with Crippen LogP contribution in [-0.2, 0) is 11.2 Å². The van der Waals surface area contributed by atoms with Gasteiger partial charge in [0.2, 0.25) is 5.91 Å². The van der Waals surface area contributed by atoms with Crippen LogP contribution in [0.15, 0.2) is 72.8 Å². The Kier molecular flexibility index (Phi) is 8.61. The lowest BCUT2D eigenvalue weighted by Gasteiger charge is -2.23. The molecule has 0 radical (unpaired) electrons. The number of anilines is 1. The van der Waals surface area contributed by atoms with Gasteiger partial charge in [-0.3, -0.25) is 4.79 Å². The lowest BCUT2D eigenvalue weighted by Crippen LogP contribution is -2.19. The van der Waals surface area contributed by atoms with E-state index in [0.717, 1.165) is 30.1 Å². The first-order chi connectivity index (χ1) is 17.5. The highest BCUT2D eigenvalue weighted by atomic mass is 16.5. The van der Waals surface area contributed by atoms with E-state index in [-0.39, 0.29) is 29.7 Å². The number of nitrogens with one attached hydrogen (secondary N) is 1. The first-order valence-electron chi connectivity index (χ1n) is 12.6. The number of hydrogen-bond acceptors (Lipinski definition) is 4. The average molecular weight is 488 g/mol. The summed E-state index contributed by atoms with van der Waals surface area (Å²) in [4.78, 5) is 23.7. The van der Waals surface area contributed by atoms with Crippen LogP contribution in [0.2, 0.25) is 0 Å². The van der Waals surface area contributed by atoms with Crippen LogP contribution in [-0.4, -0.2) is 23.1 Å². The molecule has 1 aliphatic rings. The Labute approximate surface area is 212 Å². The molecule has 3 aromatic carbocycles. The highest BCUT2D eigenvalue weighted by molar-refractivity contribution is 6.00. The molecule has 0 heterocycles. The summed E-state index contributed by atoms with van der Waals surface area (Å²) in [5.74, 6) is 1.71. The van der Waals surface area contributed by atoms with Crippen LogP contribution in [0.3, 0.4) is 0 Å². The van der Waals surface area contributed by atoms with Gasteiger partial charge in [0, 0.05) is 0 Å². The van der Waals surface area contributed by atoms with E-state index in [2.05, 4.69) is 12.2 Å². The van der Waals surface area contributed by atoms with Crippen LogP contribution in [0.1, 0.15) is 61.4 Å². The molecule has 6 nitrogen and oxygen atoms in total. The normalized spacial score (nSPS) is 17.9. The SMILES string of the molecule is CC1CCCC(Oc2ccc(Oc3ccc(CC(=O)Nc4ccccc4C(=O)O)cc3)cc2)CCC1. The van der Waals surface area contributed by atoms with Gasteiger partial charge in [0.25, 0.3) is 0 Å². The van der Waals surface area contributed by atoms with Crippen molar-refractivity contribution in [2.24, 2.45) is 5.92 Å². The number of ether oxygens (including phenoxy) is 2. The summed E-state index contributed by atoms with van der Waals surface area (Å²) in [6, 6.07) is 21.3. The number of carboxylic acid groups (broad SMARTS) is 1. The van der Waals surface area contributed by atoms with Gasteiger partial charge in [-0.05, 0) is 85.7 Å². The number of benzene rings is 3. The molecule has 0 atom stereocenters. The van der Waals surface area contributed by atoms with Crippen LogP contribution in [0.5, 0.6) is 17.2 Å². The highest BCUT2D eigenvalue weighted by Gasteiger charge is 2.16. The molecule has 1 fully saturated rings. The van der Waals surface area contributed by atoms with Crippen molar-refractivity contribution in [1.82, 2.24) is 0 Å². The number of hydrogen-bond donors (Lipinski definition) is 2. The number of amides is 1. The van der Waals surface area contributed by atoms with Gasteiger partial charge in [-0.1, -0.05) is 44.0 Å². The smallest absolute Gasteiger partial charge is 0.337 e. The van der Waals surface area contributed by atoms with Gasteiger partial charge in [0.05, 0.1) is 23.8 Å². The predicted molar refractivity (Wildman–Crippen MR) is 140 cm³/mol. The Morgan fingerprint density at radius 1 is 0.833 bits per heavy atom. The minimum atomic E-state index is -1.08. The van der Waals surface area contributed by atoms with E-state index in [1.54, 1.807) is 18.2 Å². The second-order valence-electron chi connectivity index (χ2n) is 9.50. The summed E-state index contributed by atoms with van der Waals surface area (Å²) in [7, 11) is 0. The first kappa shape index (κ1) is 25.3. The number of carbonyl (C=O) groups is 2. The fourth-order valence-electron chi connectivity index (χ4n) is 4.54. The van der Waals surface area contributed by atoms with Crippen molar-refractivity contribution < 1.29 is 24.2 Å². The number of rotatable bonds is 8. The zero-order valence-electron chi connectivity index (χ0n) is 20.6. The highest BCUT2D eigenvalue weighted by Crippen LogP contribution is 2.28. The monoisotopic (exact) mass is 487 g/mol. The Hall–Kier alpha value is -3.80. The van der Waals surface area contributed by atoms with Crippen LogP contribution in [0, 0.1) is 5.92 Å². The maximum atomic E-state index is 12.4. The van der Waals surface area contributed by atoms with E-state index in [0.29, 0.717) is 11.5 Å². The Balaban J connectivity index is 1.28. The molecule has 1 aliphatic carbocycles. The maximum Gasteiger partial charge on any atom is 0.337 e. The minimum absolute atomic E-state index is 0.0605. The number of carbonyl (C=O) groups excluding carboxylic acids is 1. The van der Waals surface area contributed by atoms with E-state index in [4.69, 9.17) is 9.47 Å². The van der Waals surface area contributed by atoms with Gasteiger partial charge >= 0.3 is 5.97 Å². The molecule has 0 saturated heterocycles. The van der Waals surface area contributed by atoms with Gasteiger partial charge in [-0.15, -0.1) is 0 Å². The maximum absolute atomic E-state index is 12.4. The third-order valence-electron chi connectivity index (χ3n) is 6.53. The molecule has 0 spiro atoms. The van der Waals surface area contributed by atoms with Crippen molar-refractivity contribution in [2.75, 3.05) is 5.32 Å². The van der Waals surface area contributed by atoms with Crippen molar-refractivity contribution >= 4 is 17.6 Å². The summed E-state index contributed by atoms with van der Waals surface area (Å²) in [5, 5.41) is 11.9. The first-order valence-corrected chi connectivity index (χ1v) is 12.6. The molecule has 188 valence electrons. The molecular formula is C30H33NO5. The Morgan fingerprint density at radius 2 is 1.42 bits per heavy atom. The molecule has 6 heteroatoms. The van der Waals surface area contributed by atoms with Crippen molar-refractivity contribution in [3.63, 3.8) is 0 Å². The van der Waals surface area contributed by atoms with Gasteiger partial charge in [0.15, 0.2) is 0 Å². The standard InChI is InChI=1S/C30H33NO5/c1-21-6-4-8-23(9-5-7-21)35-25-16-18-26(19-17-25)36-24-14-12-22(13-15-24)20-29(32)31-28-11-3-2-10-27(28)30(33)34/h2-3,10-19,21,23H,4-9,20H2,1H3,(H,31,32)(H,33,34). The molecule has 0 aliphatic heterocycles. The second kappa shape index (κ2) is 12.2. The van der Waals surface area contributed by atoms with Crippen LogP contribution >= 0.6 is 0 Å². The fraction of sp³-hybridized carbons (Fsp3) is 0.333. The van der Waals surface area contributed by atoms with Gasteiger partial charge in [-0.25, -0.2) is 4.79 Å². The molecule has 0 bridgehead atoms. The molecule has 0 unspecified atom stereocenters. The summed E-state index contributed by atoms with van der Waals surface area (Å²) >= 11 is 0. The predicted octanol–water partition coefficient (Wildman–Crippen LogP) is 7.10. The molecular weight excluding hydrogens is 454 g/mol. The number of aromatic carboxylic acids is 1. The molecule has 2 N–H and O–H groups in total. The largest absolute Gasteiger partial charge is 0.490 e. The Bertz CT molecular complexity index is 1150. The molecule has 36 heavy (non-hydrogen) atoms. The zero-order chi connectivity index (χ0) is 25.3. The summed E-state index contributed by atoms with van der Waals surface area (Å²) in [6.45, 7) is 2.34. The van der Waals surface area contributed by atoms with E-state index in [1.165, 1.54) is 31.7 Å². The molecule has 0 aromatic heterocycles. The molecule has 4 rings (SSSR count). The van der Waals surface area contributed by atoms with Crippen molar-refractivity contribution in [3.8, 4) is 17.2 Å². The van der Waals surface area contributed by atoms with Gasteiger partial charge < -0.3 is 19.9 Å². The quantitative estimate of drug-likeness (QED) is 0.354. The second-order valence-corrected chi connectivity index (χ2v) is 9.50. The number of carboxylic acids is 1. The zero-order valence-corrected chi connectivity index (χ0v) is 20.6. The molecule has 1 saturated carbocycles. The van der Waals surface area contributed by atoms with Crippen molar-refractivity contribution in [2.45, 2.75) is 58.0 Å². The number of para-hydroxylation sites is 1. The summed E-state index contributed by atoms with van der Waals surface area (Å²) in [6.07, 6.45) is 7.65. The van der Waals surface area contributed by atoms with Crippen molar-refractivity contribution in [3.05, 3.63) is 83.9 Å². The third-order valence-corrected chi connectivity index (χ3v) is 6.53. The summed E-state index contributed by atoms with van der Waals surface area (Å²) < 4.78 is 12.2. The van der Waals surface area contributed by atoms with Crippen molar-refractivity contribution in [1.29, 1.82) is 0 Å². The lowest BCUT2D eigenvalue weighted by atomic mass is 9.91. The van der Waals surface area contributed by atoms with Crippen LogP contribution < -0.4 is 14.8 Å². The average Bonchev–Trinajstić information content (AvgIpc) is 2.85. The summed E-state index contributed by atoms with van der Waals surface area (Å²) in [5.41, 5.74) is 1.14. The Morgan fingerprint density at radius 3 is 2.06 bits per heavy atom. The van der Waals surface area contributed by atoms with E-state index in [1.807, 2.05) is 48.5 Å². The molecule has 1 amide bonds. The minimum Gasteiger partial charge on any atom is -0.490 e. The van der Waals surface area contributed by atoms with Gasteiger partial charge in [0.1, 0.15) is 17.2 Å². The third kappa shape index (κ3) is 7.35. The topological polar surface area (TPSA) is 84.9 Å². The van der Waals surface area contributed by atoms with E-state index >= 15 is 0 Å². The molecule has 3 aromatic rings. The lowest BCUT2D eigenvalue weighted by molar-refractivity contribution is -0.115. The van der Waals surface area contributed by atoms with E-state index < -0.39 is 5.97 Å². The van der Waals surface area contributed by atoms with Gasteiger partial charge in [-0.2, -0.15) is 0 Å². The van der Waals surface area contributed by atoms with Crippen LogP contribution in [0.25, 0.3) is 0 Å². The van der Waals surface area contributed by atoms with E-state index in [9.17, 15) is 14.7 Å². The van der Waals surface area contributed by atoms with Crippen LogP contribution in [0.4, 0.5) is 5.69 Å².